The van der Waals surface area contributed by atoms with Gasteiger partial charge in [0.1, 0.15) is 0 Å². The molecule has 1 aliphatic heterocycles. The molecule has 0 bridgehead atoms. The zero-order chi connectivity index (χ0) is 19.8. The van der Waals surface area contributed by atoms with Crippen molar-refractivity contribution in [2.24, 2.45) is 0 Å². The second-order valence-corrected chi connectivity index (χ2v) is 8.81. The number of nitrogens with zero attached hydrogens (tertiary/aromatic N) is 2. The fourth-order valence-corrected chi connectivity index (χ4v) is 4.06. The van der Waals surface area contributed by atoms with E-state index in [-0.39, 0.29) is 35.5 Å². The maximum Gasteiger partial charge on any atom is 0.283 e. The zero-order valence-electron chi connectivity index (χ0n) is 17.1. The van der Waals surface area contributed by atoms with E-state index in [0.717, 1.165) is 62.2 Å². The Hall–Kier alpha value is -0.700. The van der Waals surface area contributed by atoms with Crippen molar-refractivity contribution < 1.29 is 10.3 Å². The third kappa shape index (κ3) is 11.1. The molecule has 1 amide bonds. The highest BCUT2D eigenvalue weighted by atomic mass is 35.5. The summed E-state index contributed by atoms with van der Waals surface area (Å²) in [4.78, 5) is 16.9. The second-order valence-electron chi connectivity index (χ2n) is 6.87. The Bertz CT molecular complexity index is 758. The minimum Gasteiger partial charge on any atom is -0.412 e. The summed E-state index contributed by atoms with van der Waals surface area (Å²) in [5, 5.41) is 4.31. The number of halogens is 4. The molecule has 3 N–H and O–H groups in total. The minimum atomic E-state index is -0.0184. The van der Waals surface area contributed by atoms with Gasteiger partial charge in [-0.05, 0) is 54.9 Å². The highest BCUT2D eigenvalue weighted by molar-refractivity contribution is 8.13. The van der Waals surface area contributed by atoms with Crippen molar-refractivity contribution >= 4 is 70.7 Å². The molecule has 0 unspecified atom stereocenters. The summed E-state index contributed by atoms with van der Waals surface area (Å²) in [6, 6.07) is 15.3. The highest BCUT2D eigenvalue weighted by Gasteiger charge is 2.16. The van der Waals surface area contributed by atoms with Crippen LogP contribution in [0, 0.1) is 0 Å². The van der Waals surface area contributed by atoms with Crippen molar-refractivity contribution in [3.63, 3.8) is 0 Å². The topological polar surface area (TPSA) is 67.1 Å². The Morgan fingerprint density at radius 2 is 1.39 bits per heavy atom. The lowest BCUT2D eigenvalue weighted by Crippen LogP contribution is -2.46. The fraction of sp³-hybridized carbons (Fsp3) is 0.381. The van der Waals surface area contributed by atoms with Crippen molar-refractivity contribution in [3.05, 3.63) is 64.1 Å². The quantitative estimate of drug-likeness (QED) is 0.483. The van der Waals surface area contributed by atoms with Gasteiger partial charge in [0.15, 0.2) is 0 Å². The first-order valence-electron chi connectivity index (χ1n) is 9.47. The summed E-state index contributed by atoms with van der Waals surface area (Å²) in [5.41, 5.74) is 2.08. The van der Waals surface area contributed by atoms with E-state index < -0.39 is 0 Å². The minimum absolute atomic E-state index is 0. The monoisotopic (exact) mass is 527 g/mol. The van der Waals surface area contributed by atoms with E-state index in [9.17, 15) is 4.79 Å². The Balaban J connectivity index is 0.00000300. The van der Waals surface area contributed by atoms with Crippen LogP contribution in [-0.2, 0) is 6.54 Å². The van der Waals surface area contributed by atoms with Gasteiger partial charge >= 0.3 is 0 Å². The van der Waals surface area contributed by atoms with E-state index in [2.05, 4.69) is 27.2 Å². The number of amides is 1. The van der Waals surface area contributed by atoms with E-state index in [4.69, 9.17) is 23.2 Å². The standard InChI is InChI=1S/C21H25Cl2N3OS.2ClH.H2O/c22-18-4-2-17(3-5-18)16-26-13-11-25(12-14-26)10-1-15-28-21(27)24-20-8-6-19(23)7-9-20;;;/h2-9H,1,10-16H2,(H,24,27);2*1H;1H2. The lowest BCUT2D eigenvalue weighted by atomic mass is 10.2. The molecule has 0 spiro atoms. The van der Waals surface area contributed by atoms with E-state index in [1.54, 1.807) is 12.1 Å². The van der Waals surface area contributed by atoms with Crippen molar-refractivity contribution in [2.75, 3.05) is 43.8 Å². The number of anilines is 1. The van der Waals surface area contributed by atoms with Crippen LogP contribution in [-0.4, -0.2) is 59.0 Å². The predicted octanol–water partition coefficient (Wildman–Crippen LogP) is 5.49. The molecular weight excluding hydrogens is 500 g/mol. The summed E-state index contributed by atoms with van der Waals surface area (Å²) >= 11 is 13.1. The number of benzene rings is 2. The predicted molar refractivity (Wildman–Crippen MR) is 139 cm³/mol. The van der Waals surface area contributed by atoms with E-state index >= 15 is 0 Å². The summed E-state index contributed by atoms with van der Waals surface area (Å²) in [7, 11) is 0. The molecule has 1 heterocycles. The van der Waals surface area contributed by atoms with Crippen molar-refractivity contribution in [1.82, 2.24) is 9.80 Å². The lowest BCUT2D eigenvalue weighted by Gasteiger charge is -2.34. The molecule has 3 rings (SSSR count). The molecule has 174 valence electrons. The molecule has 0 aliphatic carbocycles. The van der Waals surface area contributed by atoms with Gasteiger partial charge in [-0.15, -0.1) is 24.8 Å². The number of hydrogen-bond donors (Lipinski definition) is 1. The van der Waals surface area contributed by atoms with Crippen LogP contribution < -0.4 is 5.32 Å². The van der Waals surface area contributed by atoms with Gasteiger partial charge in [-0.2, -0.15) is 0 Å². The molecule has 0 radical (unpaired) electrons. The number of nitrogens with one attached hydrogen (secondary N) is 1. The second kappa shape index (κ2) is 16.0. The first kappa shape index (κ1) is 30.3. The van der Waals surface area contributed by atoms with E-state index in [1.165, 1.54) is 17.3 Å². The molecule has 0 atom stereocenters. The van der Waals surface area contributed by atoms with Crippen molar-refractivity contribution in [2.45, 2.75) is 13.0 Å². The lowest BCUT2D eigenvalue weighted by molar-refractivity contribution is 0.127. The van der Waals surface area contributed by atoms with Crippen LogP contribution in [0.3, 0.4) is 0 Å². The maximum atomic E-state index is 12.0. The number of carbonyl (C=O) groups is 1. The van der Waals surface area contributed by atoms with Crippen LogP contribution in [0.4, 0.5) is 10.5 Å². The van der Waals surface area contributed by atoms with Crippen LogP contribution in [0.5, 0.6) is 0 Å². The molecule has 5 nitrogen and oxygen atoms in total. The SMILES string of the molecule is Cl.Cl.O.O=C(Nc1ccc(Cl)cc1)SCCCN1CCN(Cc2ccc(Cl)cc2)CC1. The summed E-state index contributed by atoms with van der Waals surface area (Å²) < 4.78 is 0. The molecule has 1 aliphatic rings. The van der Waals surface area contributed by atoms with Crippen LogP contribution in [0.2, 0.25) is 10.0 Å². The summed E-state index contributed by atoms with van der Waals surface area (Å²) in [6.07, 6.45) is 1.01. The molecule has 31 heavy (non-hydrogen) atoms. The molecule has 1 fully saturated rings. The van der Waals surface area contributed by atoms with Crippen molar-refractivity contribution in [1.29, 1.82) is 0 Å². The van der Waals surface area contributed by atoms with Gasteiger partial charge in [-0.25, -0.2) is 0 Å². The van der Waals surface area contributed by atoms with Gasteiger partial charge in [0.25, 0.3) is 5.24 Å². The third-order valence-corrected chi connectivity index (χ3v) is 6.09. The number of hydrogen-bond acceptors (Lipinski definition) is 4. The van der Waals surface area contributed by atoms with Crippen LogP contribution in [0.25, 0.3) is 0 Å². The fourth-order valence-electron chi connectivity index (χ4n) is 3.16. The number of rotatable bonds is 7. The molecule has 1 saturated heterocycles. The van der Waals surface area contributed by atoms with Crippen LogP contribution >= 0.6 is 59.8 Å². The first-order chi connectivity index (χ1) is 13.6. The van der Waals surface area contributed by atoms with Crippen LogP contribution in [0.1, 0.15) is 12.0 Å². The van der Waals surface area contributed by atoms with Gasteiger partial charge in [0.05, 0.1) is 0 Å². The van der Waals surface area contributed by atoms with Gasteiger partial charge in [0.2, 0.25) is 0 Å². The largest absolute Gasteiger partial charge is 0.412 e. The Kier molecular flexibility index (Phi) is 15.6. The maximum absolute atomic E-state index is 12.0. The molecule has 0 aromatic heterocycles. The average Bonchev–Trinajstić information content (AvgIpc) is 2.70. The highest BCUT2D eigenvalue weighted by Crippen LogP contribution is 2.17. The molecule has 10 heteroatoms. The normalized spacial score (nSPS) is 14.0. The smallest absolute Gasteiger partial charge is 0.283 e. The molecule has 0 saturated carbocycles. The summed E-state index contributed by atoms with van der Waals surface area (Å²) in [5.74, 6) is 0.824. The van der Waals surface area contributed by atoms with Gasteiger partial charge in [-0.1, -0.05) is 47.1 Å². The van der Waals surface area contributed by atoms with Gasteiger partial charge in [-0.3, -0.25) is 9.69 Å². The zero-order valence-corrected chi connectivity index (χ0v) is 21.0. The number of carbonyl (C=O) groups excluding carboxylic acids is 1. The van der Waals surface area contributed by atoms with E-state index in [1.807, 2.05) is 24.3 Å². The van der Waals surface area contributed by atoms with Crippen molar-refractivity contribution in [3.8, 4) is 0 Å². The first-order valence-corrected chi connectivity index (χ1v) is 11.2. The van der Waals surface area contributed by atoms with E-state index in [0.29, 0.717) is 5.02 Å². The molecule has 2 aromatic carbocycles. The Labute approximate surface area is 211 Å². The third-order valence-electron chi connectivity index (χ3n) is 4.73. The summed E-state index contributed by atoms with van der Waals surface area (Å²) in [6.45, 7) is 6.33. The number of thioether (sulfide) groups is 1. The number of piperazine rings is 1. The average molecular weight is 529 g/mol. The Morgan fingerprint density at radius 1 is 0.871 bits per heavy atom. The van der Waals surface area contributed by atoms with Gasteiger partial charge < -0.3 is 15.7 Å². The molecule has 2 aromatic rings. The molecular formula is C21H29Cl4N3O2S. The van der Waals surface area contributed by atoms with Gasteiger partial charge in [0, 0.05) is 54.2 Å². The Morgan fingerprint density at radius 3 is 1.97 bits per heavy atom. The van der Waals surface area contributed by atoms with Crippen LogP contribution in [0.15, 0.2) is 48.5 Å².